The van der Waals surface area contributed by atoms with Gasteiger partial charge in [-0.05, 0) is 31.0 Å². The van der Waals surface area contributed by atoms with E-state index in [-0.39, 0.29) is 38.6 Å². The number of Topliss-reactive ketones (excluding diaryl/α,β-unsaturated/α-hetero) is 1. The number of methoxy groups -OCH3 is 3. The van der Waals surface area contributed by atoms with Crippen molar-refractivity contribution < 1.29 is 28.6 Å². The summed E-state index contributed by atoms with van der Waals surface area (Å²) in [5.41, 5.74) is 5.31. The van der Waals surface area contributed by atoms with Crippen molar-refractivity contribution in [2.24, 2.45) is 17.3 Å². The Hall–Kier alpha value is -2.59. The first-order valence-corrected chi connectivity index (χ1v) is 15.0. The largest absolute Gasteiger partial charge is 0.493 e. The number of esters is 1. The van der Waals surface area contributed by atoms with Crippen molar-refractivity contribution in [2.45, 2.75) is 52.8 Å². The first kappa shape index (κ1) is 32.9. The van der Waals surface area contributed by atoms with E-state index < -0.39 is 17.9 Å². The third-order valence-electron chi connectivity index (χ3n) is 7.27. The minimum absolute atomic E-state index is 0.112. The first-order chi connectivity index (χ1) is 19.2. The van der Waals surface area contributed by atoms with Crippen molar-refractivity contribution in [3.63, 3.8) is 0 Å². The van der Waals surface area contributed by atoms with Crippen LogP contribution in [0.3, 0.4) is 0 Å². The van der Waals surface area contributed by atoms with Gasteiger partial charge in [0.2, 0.25) is 0 Å². The summed E-state index contributed by atoms with van der Waals surface area (Å²) < 4.78 is 16.2. The molecule has 3 rings (SSSR count). The summed E-state index contributed by atoms with van der Waals surface area (Å²) in [6, 6.07) is 10.0. The molecule has 8 nitrogen and oxygen atoms in total. The highest BCUT2D eigenvalue weighted by molar-refractivity contribution is 8.00. The van der Waals surface area contributed by atoms with Crippen LogP contribution in [0.15, 0.2) is 36.4 Å². The molecule has 1 N–H and O–H groups in total. The number of quaternary nitrogens is 1. The highest BCUT2D eigenvalue weighted by Crippen LogP contribution is 2.51. The lowest BCUT2D eigenvalue weighted by Crippen LogP contribution is -2.72. The van der Waals surface area contributed by atoms with Crippen molar-refractivity contribution in [1.82, 2.24) is 10.0 Å². The van der Waals surface area contributed by atoms with Crippen molar-refractivity contribution in [2.75, 3.05) is 33.6 Å². The molecule has 0 saturated carbocycles. The fourth-order valence-electron chi connectivity index (χ4n) is 5.75. The molecule has 0 fully saturated rings. The second-order valence-corrected chi connectivity index (χ2v) is 13.4. The van der Waals surface area contributed by atoms with Crippen LogP contribution in [0.1, 0.15) is 57.9 Å². The molecule has 0 radical (unpaired) electrons. The lowest BCUT2D eigenvalue weighted by Gasteiger charge is -2.42. The van der Waals surface area contributed by atoms with Gasteiger partial charge in [-0.25, -0.2) is 4.79 Å². The van der Waals surface area contributed by atoms with Gasteiger partial charge < -0.3 is 14.2 Å². The number of thioether (sulfide) groups is 1. The molecule has 1 unspecified atom stereocenters. The molecule has 1 aliphatic heterocycles. The van der Waals surface area contributed by atoms with E-state index in [4.69, 9.17) is 25.8 Å². The molecule has 2 aromatic rings. The van der Waals surface area contributed by atoms with Crippen LogP contribution in [0.25, 0.3) is 0 Å². The van der Waals surface area contributed by atoms with Crippen LogP contribution < -0.4 is 19.5 Å². The van der Waals surface area contributed by atoms with Crippen LogP contribution in [0.4, 0.5) is 5.69 Å². The molecule has 1 aliphatic rings. The third-order valence-corrected chi connectivity index (χ3v) is 8.76. The third kappa shape index (κ3) is 6.91. The molecule has 0 aliphatic carbocycles. The molecule has 1 heterocycles. The Morgan fingerprint density at radius 2 is 1.78 bits per heavy atom. The normalized spacial score (nSPS) is 20.6. The Morgan fingerprint density at radius 3 is 2.32 bits per heavy atom. The maximum Gasteiger partial charge on any atom is 0.347 e. The van der Waals surface area contributed by atoms with Crippen molar-refractivity contribution in [3.05, 3.63) is 52.5 Å². The molecule has 1 amide bonds. The summed E-state index contributed by atoms with van der Waals surface area (Å²) in [6.07, 6.45) is 0. The number of nitrogens with one attached hydrogen (secondary N) is 1. The van der Waals surface area contributed by atoms with Crippen molar-refractivity contribution >= 4 is 46.7 Å². The average molecular weight is 606 g/mol. The summed E-state index contributed by atoms with van der Waals surface area (Å²) in [7, 11) is 4.46. The number of amides is 1. The predicted octanol–water partition coefficient (Wildman–Crippen LogP) is 5.98. The molecule has 10 heteroatoms. The standard InChI is InChI=1S/C31H42ClN2O6S/c1-18(2)26(19(3)35)27(30(37)40-9)33-34(17-31(4,5)6)23-14-13-20(32)15-22(23)29(41-16-25(34)36)21-11-10-12-24(38-7)28(21)39-8/h10-15,18,26-27,29,33H,16-17H2,1-9H3/q+1/t26-,27+,29+,34?/m1/s1. The lowest BCUT2D eigenvalue weighted by atomic mass is 9.85. The quantitative estimate of drug-likeness (QED) is 0.261. The van der Waals surface area contributed by atoms with E-state index in [0.717, 1.165) is 11.1 Å². The second-order valence-electron chi connectivity index (χ2n) is 11.9. The van der Waals surface area contributed by atoms with E-state index in [1.807, 2.05) is 65.0 Å². The van der Waals surface area contributed by atoms with Gasteiger partial charge >= 0.3 is 11.9 Å². The fraction of sp³-hybridized carbons (Fsp3) is 0.516. The fourth-order valence-corrected chi connectivity index (χ4v) is 7.20. The van der Waals surface area contributed by atoms with Gasteiger partial charge in [0.1, 0.15) is 18.1 Å². The molecule has 0 saturated heterocycles. The van der Waals surface area contributed by atoms with Gasteiger partial charge in [0.05, 0.1) is 32.5 Å². The summed E-state index contributed by atoms with van der Waals surface area (Å²) in [5.74, 6) is -0.567. The Kier molecular flexibility index (Phi) is 10.6. The Morgan fingerprint density at radius 1 is 1.10 bits per heavy atom. The van der Waals surface area contributed by atoms with Crippen LogP contribution in [-0.2, 0) is 19.1 Å². The zero-order valence-electron chi connectivity index (χ0n) is 25.4. The van der Waals surface area contributed by atoms with Crippen molar-refractivity contribution in [1.29, 1.82) is 0 Å². The zero-order valence-corrected chi connectivity index (χ0v) is 26.9. The monoisotopic (exact) mass is 605 g/mol. The summed E-state index contributed by atoms with van der Waals surface area (Å²) in [4.78, 5) is 40.7. The predicted molar refractivity (Wildman–Crippen MR) is 164 cm³/mol. The van der Waals surface area contributed by atoms with Gasteiger partial charge in [0.15, 0.2) is 23.2 Å². The zero-order chi connectivity index (χ0) is 30.7. The highest BCUT2D eigenvalue weighted by Gasteiger charge is 2.52. The molecule has 0 spiro atoms. The van der Waals surface area contributed by atoms with Gasteiger partial charge in [-0.3, -0.25) is 9.59 Å². The number of hydrogen-bond acceptors (Lipinski definition) is 8. The van der Waals surface area contributed by atoms with E-state index in [1.165, 1.54) is 25.8 Å². The highest BCUT2D eigenvalue weighted by atomic mass is 35.5. The summed E-state index contributed by atoms with van der Waals surface area (Å²) in [5, 5.41) is 0.164. The number of nitrogens with zero attached hydrogens (tertiary/aromatic N) is 1. The van der Waals surface area contributed by atoms with Gasteiger partial charge in [-0.1, -0.05) is 58.4 Å². The van der Waals surface area contributed by atoms with Crippen molar-refractivity contribution in [3.8, 4) is 11.5 Å². The maximum atomic E-state index is 14.5. The summed E-state index contributed by atoms with van der Waals surface area (Å²) in [6.45, 7) is 11.7. The summed E-state index contributed by atoms with van der Waals surface area (Å²) >= 11 is 8.05. The minimum Gasteiger partial charge on any atom is -0.493 e. The van der Waals surface area contributed by atoms with Crippen LogP contribution in [0.2, 0.25) is 5.02 Å². The smallest absolute Gasteiger partial charge is 0.347 e. The number of ether oxygens (including phenoxy) is 3. The number of carbonyl (C=O) groups is 3. The van der Waals surface area contributed by atoms with Gasteiger partial charge in [-0.15, -0.1) is 21.8 Å². The molecule has 0 bridgehead atoms. The topological polar surface area (TPSA) is 90.9 Å². The average Bonchev–Trinajstić information content (AvgIpc) is 3.00. The molecular weight excluding hydrogens is 564 g/mol. The van der Waals surface area contributed by atoms with Gasteiger partial charge in [0, 0.05) is 27.6 Å². The number of para-hydroxylation sites is 1. The van der Waals surface area contributed by atoms with Crippen LogP contribution >= 0.6 is 23.4 Å². The molecule has 224 valence electrons. The van der Waals surface area contributed by atoms with Gasteiger partial charge in [-0.2, -0.15) is 0 Å². The van der Waals surface area contributed by atoms with E-state index in [2.05, 4.69) is 5.43 Å². The minimum atomic E-state index is -1.07. The van der Waals surface area contributed by atoms with Crippen LogP contribution in [-0.4, -0.2) is 57.3 Å². The van der Waals surface area contributed by atoms with E-state index in [9.17, 15) is 14.4 Å². The number of fused-ring (bicyclic) bond motifs is 1. The molecule has 41 heavy (non-hydrogen) atoms. The lowest BCUT2D eigenvalue weighted by molar-refractivity contribution is -0.152. The van der Waals surface area contributed by atoms with E-state index >= 15 is 0 Å². The Balaban J connectivity index is 2.38. The number of rotatable bonds is 10. The first-order valence-electron chi connectivity index (χ1n) is 13.6. The second kappa shape index (κ2) is 13.2. The number of benzene rings is 2. The number of ketones is 1. The Bertz CT molecular complexity index is 1290. The maximum absolute atomic E-state index is 14.5. The van der Waals surface area contributed by atoms with Crippen LogP contribution in [0.5, 0.6) is 11.5 Å². The SMILES string of the molecule is COC(=O)[C@@H](N[N+]1(CC(C)(C)C)C(=O)CS[C@@H](c2cccc(OC)c2OC)c2cc(Cl)ccc21)[C@@H](C(C)=O)C(C)C. The van der Waals surface area contributed by atoms with E-state index in [0.29, 0.717) is 28.8 Å². The molecule has 2 aromatic carbocycles. The number of halogens is 1. The van der Waals surface area contributed by atoms with Gasteiger partial charge in [0.25, 0.3) is 0 Å². The Labute approximate surface area is 252 Å². The number of carbonyl (C=O) groups excluding carboxylic acids is 3. The molecule has 4 atom stereocenters. The van der Waals surface area contributed by atoms with Crippen LogP contribution in [0, 0.1) is 17.3 Å². The van der Waals surface area contributed by atoms with E-state index in [1.54, 1.807) is 20.3 Å². The molecular formula is C31H42ClN2O6S+. The number of hydrogen-bond donors (Lipinski definition) is 1. The molecule has 0 aromatic heterocycles.